The molecule has 18 atom stereocenters. The summed E-state index contributed by atoms with van der Waals surface area (Å²) in [4.78, 5) is 15.4. The topological polar surface area (TPSA) is 139 Å². The lowest BCUT2D eigenvalue weighted by atomic mass is 9.81. The van der Waals surface area contributed by atoms with Crippen molar-refractivity contribution in [3.8, 4) is 0 Å². The van der Waals surface area contributed by atoms with Crippen LogP contribution in [0, 0.1) is 11.8 Å². The monoisotopic (exact) mass is 1320 g/mol. The number of carbonyl (C=O) groups is 1. The highest BCUT2D eigenvalue weighted by atomic mass is 28.4. The summed E-state index contributed by atoms with van der Waals surface area (Å²) in [5.41, 5.74) is 2.17. The van der Waals surface area contributed by atoms with Crippen molar-refractivity contribution >= 4 is 47.4 Å². The number of ether oxygens (including phenoxy) is 6. The molecule has 0 aromatic carbocycles. The normalized spacial score (nSPS) is 35.4. The number of hydrogen-bond donors (Lipinski definition) is 1. The Morgan fingerprint density at radius 3 is 1.61 bits per heavy atom. The van der Waals surface area contributed by atoms with Gasteiger partial charge in [0.15, 0.2) is 41.6 Å². The van der Waals surface area contributed by atoms with Crippen molar-refractivity contribution in [2.45, 2.75) is 376 Å². The van der Waals surface area contributed by atoms with Crippen LogP contribution in [0.5, 0.6) is 0 Å². The van der Waals surface area contributed by atoms with Gasteiger partial charge in [-0.25, -0.2) is 0 Å². The number of aliphatic hydroxyl groups is 1. The molecule has 8 bridgehead atoms. The van der Waals surface area contributed by atoms with Crippen molar-refractivity contribution in [2.75, 3.05) is 13.7 Å². The van der Waals surface area contributed by atoms with Gasteiger partial charge in [-0.2, -0.15) is 0 Å². The molecule has 0 aromatic rings. The number of hydrogen-bond acceptors (Lipinski definition) is 13. The van der Waals surface area contributed by atoms with Crippen LogP contribution in [0.2, 0.25) is 90.7 Å². The fourth-order valence-electron chi connectivity index (χ4n) is 12.5. The number of ketones is 1. The van der Waals surface area contributed by atoms with E-state index in [1.807, 2.05) is 6.08 Å². The van der Waals surface area contributed by atoms with Gasteiger partial charge in [-0.3, -0.25) is 4.79 Å². The third kappa shape index (κ3) is 18.7. The van der Waals surface area contributed by atoms with E-state index in [4.69, 9.17) is 50.6 Å². The first kappa shape index (κ1) is 76.5. The summed E-state index contributed by atoms with van der Waals surface area (Å²) in [7, 11) is -10.3. The minimum atomic E-state index is -2.58. The molecule has 0 aromatic heterocycles. The number of methoxy groups -OCH3 is 1. The number of aliphatic hydroxyl groups excluding tert-OH is 1. The Morgan fingerprint density at radius 2 is 1.06 bits per heavy atom. The maximum Gasteiger partial charge on any atom is 0.193 e. The van der Waals surface area contributed by atoms with E-state index >= 15 is 4.79 Å². The lowest BCUT2D eigenvalue weighted by Gasteiger charge is -2.56. The van der Waals surface area contributed by atoms with Crippen LogP contribution in [0.4, 0.5) is 0 Å². The number of rotatable bonds is 14. The van der Waals surface area contributed by atoms with E-state index in [2.05, 4.69) is 195 Å². The van der Waals surface area contributed by atoms with E-state index in [0.29, 0.717) is 45.1 Å². The summed E-state index contributed by atoms with van der Waals surface area (Å²) in [5, 5.41) is 11.5. The molecule has 0 unspecified atom stereocenters. The molecule has 18 heteroatoms. The Kier molecular flexibility index (Phi) is 24.9. The van der Waals surface area contributed by atoms with E-state index in [1.54, 1.807) is 7.11 Å². The molecular weight excluding hydrogens is 1190 g/mol. The molecule has 8 aliphatic heterocycles. The van der Waals surface area contributed by atoms with Crippen molar-refractivity contribution in [2.24, 2.45) is 11.8 Å². The fraction of sp³-hybridized carbons (Fsp3) is 0.900. The van der Waals surface area contributed by atoms with Gasteiger partial charge in [-0.1, -0.05) is 136 Å². The highest BCUT2D eigenvalue weighted by molar-refractivity contribution is 6.76. The standard InChI is InChI=1S/C70H132O13Si5/c1-45-38-51-33-36-55-46(2)39-50(75-55)32-30-48(71)31-35-57(81-86(24,25)68(10,11)12)63-65(83-88(28,29)70(16,17)18)64(82-87(26,27)69(13,14)15)62-56(79-63)37-34-52(77-62)40-49(72)41-54-59(43-58(76-51)47(45)3)78-60(61(54)73-19)42-53(80-85(22,23)67(7,8)9)44-74-84(20,21)66(4,5)6/h31,35,45,48,50-65,71H,2-3,30,32-34,36-44H2,1,4-29H3/b35-31+/t45-,48-,50+,51+,52-,53+,54+,55+,56+,57+,58-,59+,60-,61-,62+,63+,64+,65-/m1/s1. The Bertz CT molecular complexity index is 2360. The van der Waals surface area contributed by atoms with Crippen LogP contribution in [0.25, 0.3) is 0 Å². The van der Waals surface area contributed by atoms with Crippen LogP contribution in [0.3, 0.4) is 0 Å². The summed E-state index contributed by atoms with van der Waals surface area (Å²) >= 11 is 0. The zero-order valence-corrected chi connectivity index (χ0v) is 66.0. The van der Waals surface area contributed by atoms with E-state index < -0.39 is 84.3 Å². The van der Waals surface area contributed by atoms with E-state index in [-0.39, 0.29) is 111 Å². The maximum absolute atomic E-state index is 15.4. The zero-order chi connectivity index (χ0) is 66.5. The van der Waals surface area contributed by atoms with Crippen LogP contribution >= 0.6 is 0 Å². The zero-order valence-electron chi connectivity index (χ0n) is 61.0. The molecule has 0 amide bonds. The minimum absolute atomic E-state index is 0.0128. The maximum atomic E-state index is 15.4. The summed E-state index contributed by atoms with van der Waals surface area (Å²) in [6, 6.07) is 0. The Morgan fingerprint density at radius 1 is 0.545 bits per heavy atom. The van der Waals surface area contributed by atoms with Crippen molar-refractivity contribution in [1.82, 2.24) is 0 Å². The molecule has 5 fully saturated rings. The SMILES string of the molecule is C=C1C[C@@H]2CC[C@@H](O)/C=C/[C@H](O[Si](C)(C)C(C)(C)C)[C@@H]3O[C@H]4CC[C@H](CC(=O)C[C@@H]5[C@@H](OC)[C@@H](C[C@@H](CO[Si](C)(C)C(C)(C)C)O[Si](C)(C)C(C)(C)C)O[C@H]5C[C@H]5O[C@@H](CC[C@@H]1O2)C[C@@H](C)C5=C)O[C@@H]4[C@H](O[Si](C)(C)C(C)(C)C)[C@@H]3O[Si](C)(C)C(C)(C)C. The van der Waals surface area contributed by atoms with Gasteiger partial charge in [-0.05, 0) is 159 Å². The molecule has 5 saturated heterocycles. The fourth-order valence-corrected chi connectivity index (χ4v) is 18.8. The molecule has 13 nitrogen and oxygen atoms in total. The molecule has 88 heavy (non-hydrogen) atoms. The van der Waals surface area contributed by atoms with Crippen LogP contribution < -0.4 is 0 Å². The number of carbonyl (C=O) groups excluding carboxylic acids is 1. The molecule has 8 heterocycles. The predicted octanol–water partition coefficient (Wildman–Crippen LogP) is 17.0. The van der Waals surface area contributed by atoms with Crippen molar-refractivity contribution in [3.63, 3.8) is 0 Å². The second kappa shape index (κ2) is 28.7. The van der Waals surface area contributed by atoms with Crippen LogP contribution in [-0.2, 0) is 55.3 Å². The molecule has 0 radical (unpaired) electrons. The summed E-state index contributed by atoms with van der Waals surface area (Å²) in [6.07, 6.45) is 5.27. The molecule has 0 spiro atoms. The van der Waals surface area contributed by atoms with E-state index in [9.17, 15) is 5.11 Å². The van der Waals surface area contributed by atoms with Gasteiger partial charge in [0.2, 0.25) is 0 Å². The molecule has 0 saturated carbocycles. The molecule has 1 N–H and O–H groups in total. The average molecular weight is 1320 g/mol. The van der Waals surface area contributed by atoms with Gasteiger partial charge in [0.05, 0.1) is 79.9 Å². The van der Waals surface area contributed by atoms with Gasteiger partial charge in [0, 0.05) is 38.7 Å². The van der Waals surface area contributed by atoms with E-state index in [0.717, 1.165) is 36.8 Å². The largest absolute Gasteiger partial charge is 0.414 e. The second-order valence-corrected chi connectivity index (χ2v) is 59.5. The van der Waals surface area contributed by atoms with Gasteiger partial charge in [-0.15, -0.1) is 0 Å². The van der Waals surface area contributed by atoms with Crippen molar-refractivity contribution in [1.29, 1.82) is 0 Å². The number of fused-ring (bicyclic) bond motifs is 2. The first-order chi connectivity index (χ1) is 40.0. The highest BCUT2D eigenvalue weighted by Gasteiger charge is 2.59. The smallest absolute Gasteiger partial charge is 0.193 e. The summed E-state index contributed by atoms with van der Waals surface area (Å²) < 4.78 is 80.5. The molecular formula is C70H132O13Si5. The molecule has 0 aliphatic carbocycles. The number of Topliss-reactive ketones (excluding diaryl/α,β-unsaturated/α-hetero) is 1. The van der Waals surface area contributed by atoms with Gasteiger partial charge in [0.1, 0.15) is 30.2 Å². The van der Waals surface area contributed by atoms with E-state index in [1.165, 1.54) is 0 Å². The van der Waals surface area contributed by atoms with Crippen LogP contribution in [-0.4, -0.2) is 164 Å². The molecule has 510 valence electrons. The summed E-state index contributed by atoms with van der Waals surface area (Å²) in [5.74, 6) is 0.0699. The Labute approximate surface area is 543 Å². The van der Waals surface area contributed by atoms with Gasteiger partial charge < -0.3 is 55.7 Å². The second-order valence-electron chi connectivity index (χ2n) is 35.7. The van der Waals surface area contributed by atoms with Gasteiger partial charge >= 0.3 is 0 Å². The van der Waals surface area contributed by atoms with Crippen LogP contribution in [0.1, 0.15) is 188 Å². The van der Waals surface area contributed by atoms with Crippen molar-refractivity contribution < 1.29 is 60.5 Å². The predicted molar refractivity (Wildman–Crippen MR) is 372 cm³/mol. The third-order valence-corrected chi connectivity index (χ3v) is 46.1. The lowest BCUT2D eigenvalue weighted by Crippen LogP contribution is -2.69. The Hall–Kier alpha value is -0.506. The van der Waals surface area contributed by atoms with Gasteiger partial charge in [0.25, 0.3) is 0 Å². The summed E-state index contributed by atoms with van der Waals surface area (Å²) in [6.45, 7) is 69.2. The molecule has 8 aliphatic rings. The average Bonchev–Trinajstić information content (AvgIpc) is 0.954. The Balaban J connectivity index is 1.45. The minimum Gasteiger partial charge on any atom is -0.414 e. The molecule has 8 rings (SSSR count). The lowest BCUT2D eigenvalue weighted by molar-refractivity contribution is -0.266. The first-order valence-corrected chi connectivity index (χ1v) is 48.9. The third-order valence-electron chi connectivity index (χ3n) is 23.7. The van der Waals surface area contributed by atoms with Crippen LogP contribution in [0.15, 0.2) is 36.5 Å². The quantitative estimate of drug-likeness (QED) is 0.131. The van der Waals surface area contributed by atoms with Crippen molar-refractivity contribution in [3.05, 3.63) is 36.5 Å². The first-order valence-electron chi connectivity index (χ1n) is 34.4. The highest BCUT2D eigenvalue weighted by Crippen LogP contribution is 2.50.